The fourth-order valence-electron chi connectivity index (χ4n) is 2.61. The van der Waals surface area contributed by atoms with Crippen molar-refractivity contribution in [3.05, 3.63) is 12.3 Å². The van der Waals surface area contributed by atoms with Crippen LogP contribution in [0, 0.1) is 5.92 Å². The number of piperazine rings is 1. The fraction of sp³-hybridized carbons (Fsp3) is 0.647. The lowest BCUT2D eigenvalue weighted by atomic mass is 10.1. The minimum atomic E-state index is -0.594. The van der Waals surface area contributed by atoms with Crippen molar-refractivity contribution in [1.29, 1.82) is 0 Å². The third-order valence-electron chi connectivity index (χ3n) is 4.42. The molecule has 0 saturated carbocycles. The molecule has 1 aliphatic heterocycles. The Morgan fingerprint density at radius 2 is 1.82 bits per heavy atom. The highest BCUT2D eigenvalue weighted by Gasteiger charge is 2.24. The molecule has 1 aromatic heterocycles. The van der Waals surface area contributed by atoms with Crippen molar-refractivity contribution in [2.45, 2.75) is 19.9 Å². The Balaban J connectivity index is 0.00000364. The summed E-state index contributed by atoms with van der Waals surface area (Å²) in [5, 5.41) is 2.63. The van der Waals surface area contributed by atoms with Gasteiger partial charge in [0.2, 0.25) is 17.8 Å². The molecular weight excluding hydrogens is 405 g/mol. The highest BCUT2D eigenvalue weighted by atomic mass is 35.5. The van der Waals surface area contributed by atoms with Crippen LogP contribution in [-0.2, 0) is 9.59 Å². The summed E-state index contributed by atoms with van der Waals surface area (Å²) in [7, 11) is 3.80. The van der Waals surface area contributed by atoms with Gasteiger partial charge in [0, 0.05) is 46.5 Å². The molecule has 3 N–H and O–H groups in total. The van der Waals surface area contributed by atoms with Gasteiger partial charge in [0.1, 0.15) is 5.82 Å². The molecule has 2 rings (SSSR count). The highest BCUT2D eigenvalue weighted by molar-refractivity contribution is 5.87. The van der Waals surface area contributed by atoms with Crippen molar-refractivity contribution in [1.82, 2.24) is 20.2 Å². The number of nitrogens with one attached hydrogen (secondary N) is 1. The predicted octanol–water partition coefficient (Wildman–Crippen LogP) is 0.134. The summed E-state index contributed by atoms with van der Waals surface area (Å²) in [6, 6.07) is 1.28. The van der Waals surface area contributed by atoms with Gasteiger partial charge in [-0.15, -0.1) is 24.8 Å². The van der Waals surface area contributed by atoms with Gasteiger partial charge in [-0.3, -0.25) is 9.59 Å². The van der Waals surface area contributed by atoms with Crippen LogP contribution in [0.2, 0.25) is 0 Å². The van der Waals surface area contributed by atoms with Crippen molar-refractivity contribution in [3.8, 4) is 0 Å². The zero-order chi connectivity index (χ0) is 19.3. The van der Waals surface area contributed by atoms with Crippen LogP contribution >= 0.6 is 24.8 Å². The maximum absolute atomic E-state index is 12.3. The molecule has 11 heteroatoms. The molecule has 9 nitrogen and oxygen atoms in total. The molecule has 0 spiro atoms. The van der Waals surface area contributed by atoms with Crippen LogP contribution in [0.5, 0.6) is 0 Å². The Morgan fingerprint density at radius 1 is 1.21 bits per heavy atom. The van der Waals surface area contributed by atoms with Crippen molar-refractivity contribution < 1.29 is 9.59 Å². The summed E-state index contributed by atoms with van der Waals surface area (Å²) in [4.78, 5) is 38.6. The topological polar surface area (TPSA) is 108 Å². The zero-order valence-electron chi connectivity index (χ0n) is 16.8. The van der Waals surface area contributed by atoms with Crippen LogP contribution in [0.3, 0.4) is 0 Å². The summed E-state index contributed by atoms with van der Waals surface area (Å²) in [5.41, 5.74) is 5.78. The van der Waals surface area contributed by atoms with E-state index in [1.807, 2.05) is 38.9 Å². The van der Waals surface area contributed by atoms with Gasteiger partial charge in [0.25, 0.3) is 0 Å². The van der Waals surface area contributed by atoms with Crippen molar-refractivity contribution >= 4 is 48.4 Å². The number of nitrogens with zero attached hydrogens (tertiary/aromatic N) is 5. The van der Waals surface area contributed by atoms with Gasteiger partial charge in [-0.1, -0.05) is 13.8 Å². The maximum Gasteiger partial charge on any atom is 0.242 e. The average molecular weight is 436 g/mol. The minimum absolute atomic E-state index is 0. The molecule has 0 aromatic carbocycles. The van der Waals surface area contributed by atoms with E-state index >= 15 is 0 Å². The van der Waals surface area contributed by atoms with Crippen LogP contribution in [0.15, 0.2) is 12.3 Å². The summed E-state index contributed by atoms with van der Waals surface area (Å²) in [6.45, 7) is 6.29. The minimum Gasteiger partial charge on any atom is -0.353 e. The van der Waals surface area contributed by atoms with E-state index in [2.05, 4.69) is 20.2 Å². The maximum atomic E-state index is 12.3. The van der Waals surface area contributed by atoms with Crippen molar-refractivity contribution in [2.24, 2.45) is 11.7 Å². The number of rotatable bonds is 6. The Bertz CT molecular complexity index is 638. The molecule has 28 heavy (non-hydrogen) atoms. The second-order valence-corrected chi connectivity index (χ2v) is 6.96. The second-order valence-electron chi connectivity index (χ2n) is 6.96. The first-order valence-electron chi connectivity index (χ1n) is 8.86. The van der Waals surface area contributed by atoms with E-state index in [1.165, 1.54) is 0 Å². The van der Waals surface area contributed by atoms with E-state index < -0.39 is 6.04 Å². The number of amides is 2. The lowest BCUT2D eigenvalue weighted by Crippen LogP contribution is -2.53. The molecule has 1 fully saturated rings. The smallest absolute Gasteiger partial charge is 0.242 e. The van der Waals surface area contributed by atoms with Gasteiger partial charge in [0.15, 0.2) is 0 Å². The zero-order valence-corrected chi connectivity index (χ0v) is 18.4. The SMILES string of the molecule is CC(C)[C@H](N)C(=O)NCC(=O)N1CCN(c2ccnc(N(C)C)n2)CC1.Cl.Cl. The predicted molar refractivity (Wildman–Crippen MR) is 115 cm³/mol. The molecule has 1 atom stereocenters. The van der Waals surface area contributed by atoms with Gasteiger partial charge in [-0.25, -0.2) is 4.98 Å². The number of nitrogens with two attached hydrogens (primary N) is 1. The van der Waals surface area contributed by atoms with Crippen LogP contribution in [0.1, 0.15) is 13.8 Å². The Morgan fingerprint density at radius 3 is 2.36 bits per heavy atom. The lowest BCUT2D eigenvalue weighted by Gasteiger charge is -2.35. The van der Waals surface area contributed by atoms with E-state index in [1.54, 1.807) is 11.1 Å². The molecule has 0 unspecified atom stereocenters. The van der Waals surface area contributed by atoms with Gasteiger partial charge in [0.05, 0.1) is 12.6 Å². The largest absolute Gasteiger partial charge is 0.353 e. The Hall–Kier alpha value is -1.84. The van der Waals surface area contributed by atoms with Gasteiger partial charge < -0.3 is 25.8 Å². The summed E-state index contributed by atoms with van der Waals surface area (Å²) in [5.74, 6) is 1.17. The Kier molecular flexibility index (Phi) is 11.1. The Labute approximate surface area is 178 Å². The standard InChI is InChI=1S/C17H29N7O2.2ClH/c1-12(2)15(18)16(26)20-11-14(25)24-9-7-23(8-10-24)13-5-6-19-17(21-13)22(3)4;;/h5-6,12,15H,7-11,18H2,1-4H3,(H,20,26);2*1H/t15-;;/m0../s1. The average Bonchev–Trinajstić information content (AvgIpc) is 2.65. The number of hydrogen-bond donors (Lipinski definition) is 2. The first-order valence-corrected chi connectivity index (χ1v) is 8.86. The second kappa shape index (κ2) is 11.9. The summed E-state index contributed by atoms with van der Waals surface area (Å²) < 4.78 is 0. The van der Waals surface area contributed by atoms with E-state index in [4.69, 9.17) is 5.73 Å². The van der Waals surface area contributed by atoms with E-state index in [0.29, 0.717) is 32.1 Å². The molecule has 1 saturated heterocycles. The quantitative estimate of drug-likeness (QED) is 0.653. The third-order valence-corrected chi connectivity index (χ3v) is 4.42. The molecule has 1 aliphatic rings. The van der Waals surface area contributed by atoms with Crippen LogP contribution < -0.4 is 20.9 Å². The number of anilines is 2. The van der Waals surface area contributed by atoms with Gasteiger partial charge >= 0.3 is 0 Å². The molecular formula is C17H31Cl2N7O2. The number of carbonyl (C=O) groups excluding carboxylic acids is 2. The molecule has 2 amide bonds. The van der Waals surface area contributed by atoms with Crippen LogP contribution in [-0.4, -0.2) is 79.5 Å². The monoisotopic (exact) mass is 435 g/mol. The third kappa shape index (κ3) is 6.96. The number of carbonyl (C=O) groups is 2. The fourth-order valence-corrected chi connectivity index (χ4v) is 2.61. The van der Waals surface area contributed by atoms with Crippen molar-refractivity contribution in [2.75, 3.05) is 56.6 Å². The number of hydrogen-bond acceptors (Lipinski definition) is 7. The first kappa shape index (κ1) is 26.2. The molecule has 0 aliphatic carbocycles. The van der Waals surface area contributed by atoms with Gasteiger partial charge in [-0.2, -0.15) is 4.98 Å². The van der Waals surface area contributed by atoms with E-state index in [9.17, 15) is 9.59 Å². The molecule has 0 radical (unpaired) electrons. The summed E-state index contributed by atoms with van der Waals surface area (Å²) in [6.07, 6.45) is 1.74. The number of halogens is 2. The lowest BCUT2D eigenvalue weighted by molar-refractivity contribution is -0.133. The van der Waals surface area contributed by atoms with E-state index in [0.717, 1.165) is 5.82 Å². The first-order chi connectivity index (χ1) is 12.3. The summed E-state index contributed by atoms with van der Waals surface area (Å²) >= 11 is 0. The van der Waals surface area contributed by atoms with E-state index in [-0.39, 0.29) is 49.1 Å². The normalized spacial score (nSPS) is 14.6. The van der Waals surface area contributed by atoms with Crippen LogP contribution in [0.25, 0.3) is 0 Å². The number of aromatic nitrogens is 2. The molecule has 2 heterocycles. The molecule has 1 aromatic rings. The van der Waals surface area contributed by atoms with Gasteiger partial charge in [-0.05, 0) is 12.0 Å². The van der Waals surface area contributed by atoms with Crippen molar-refractivity contribution in [3.63, 3.8) is 0 Å². The van der Waals surface area contributed by atoms with Crippen LogP contribution in [0.4, 0.5) is 11.8 Å². The highest BCUT2D eigenvalue weighted by Crippen LogP contribution is 2.15. The molecule has 0 bridgehead atoms. The molecule has 160 valence electrons.